The Labute approximate surface area is 463 Å². The maximum atomic E-state index is 13.5. The fraction of sp³-hybridized carbons (Fsp3) is 0.567. The number of carboxylic acid groups (broad SMARTS) is 1. The maximum Gasteiger partial charge on any atom is 0.311 e. The van der Waals surface area contributed by atoms with Crippen LogP contribution >= 0.6 is 0 Å². The van der Waals surface area contributed by atoms with Gasteiger partial charge in [0.1, 0.15) is 41.3 Å². The molecule has 3 rings (SSSR count). The van der Waals surface area contributed by atoms with Crippen molar-refractivity contribution in [3.05, 3.63) is 115 Å². The number of Topliss-reactive ketones (excluding diaryl/α,β-unsaturated/α-hetero) is 5. The Bertz CT molecular complexity index is 2310. The number of anilines is 1. The third-order valence-electron chi connectivity index (χ3n) is 14.4. The molecule has 19 nitrogen and oxygen atoms in total. The van der Waals surface area contributed by atoms with E-state index in [1.807, 2.05) is 51.2 Å². The number of aliphatic carboxylic acids is 1. The third-order valence-corrected chi connectivity index (χ3v) is 14.4. The summed E-state index contributed by atoms with van der Waals surface area (Å²) in [4.78, 5) is 77.6. The van der Waals surface area contributed by atoms with Crippen molar-refractivity contribution in [1.82, 2.24) is 0 Å². The quantitative estimate of drug-likeness (QED) is 0.0885. The minimum absolute atomic E-state index is 0.0615. The van der Waals surface area contributed by atoms with E-state index < -0.39 is 123 Å². The molecule has 17 atom stereocenters. The molecule has 1 fully saturated rings. The number of hydrogen-bond donors (Lipinski definition) is 11. The number of nitrogens with two attached hydrogens (primary N) is 2. The van der Waals surface area contributed by atoms with Gasteiger partial charge in [0.05, 0.1) is 61.3 Å². The van der Waals surface area contributed by atoms with Gasteiger partial charge in [0.2, 0.25) is 0 Å². The number of rotatable bonds is 10. The van der Waals surface area contributed by atoms with Gasteiger partial charge < -0.3 is 66.9 Å². The van der Waals surface area contributed by atoms with E-state index in [4.69, 9.17) is 20.9 Å². The number of aliphatic hydroxyl groups is 8. The van der Waals surface area contributed by atoms with E-state index in [0.717, 1.165) is 0 Å². The highest BCUT2D eigenvalue weighted by molar-refractivity contribution is 5.99. The van der Waals surface area contributed by atoms with E-state index in [1.54, 1.807) is 66.8 Å². The molecule has 0 saturated carbocycles. The Hall–Kier alpha value is -5.42. The highest BCUT2D eigenvalue weighted by Crippen LogP contribution is 2.33. The lowest BCUT2D eigenvalue weighted by Crippen LogP contribution is -2.61. The van der Waals surface area contributed by atoms with Crippen molar-refractivity contribution in [2.75, 3.05) is 5.73 Å². The number of benzene rings is 1. The minimum Gasteiger partial charge on any atom is -0.481 e. The molecule has 19 heteroatoms. The van der Waals surface area contributed by atoms with Crippen LogP contribution in [0.15, 0.2) is 109 Å². The van der Waals surface area contributed by atoms with Gasteiger partial charge in [0.25, 0.3) is 0 Å². The van der Waals surface area contributed by atoms with Crippen molar-refractivity contribution in [3.8, 4) is 0 Å². The molecular formula is C60H86N2O17. The molecule has 2 aliphatic rings. The highest BCUT2D eigenvalue weighted by Gasteiger charge is 2.43. The Morgan fingerprint density at radius 2 is 1.19 bits per heavy atom. The second-order valence-corrected chi connectivity index (χ2v) is 21.3. The largest absolute Gasteiger partial charge is 0.481 e. The van der Waals surface area contributed by atoms with Crippen LogP contribution in [0, 0.1) is 29.6 Å². The summed E-state index contributed by atoms with van der Waals surface area (Å²) in [6.45, 7) is 7.31. The molecule has 1 aliphatic heterocycles. The van der Waals surface area contributed by atoms with Crippen LogP contribution in [-0.2, 0) is 33.4 Å². The zero-order chi connectivity index (χ0) is 58.8. The van der Waals surface area contributed by atoms with E-state index >= 15 is 0 Å². The molecule has 79 heavy (non-hydrogen) atoms. The highest BCUT2D eigenvalue weighted by atomic mass is 16.7. The van der Waals surface area contributed by atoms with Gasteiger partial charge >= 0.3 is 5.97 Å². The Kier molecular flexibility index (Phi) is 30.4. The summed E-state index contributed by atoms with van der Waals surface area (Å²) >= 11 is 0. The first-order chi connectivity index (χ1) is 37.4. The van der Waals surface area contributed by atoms with Crippen LogP contribution < -0.4 is 11.5 Å². The molecule has 13 N–H and O–H groups in total. The summed E-state index contributed by atoms with van der Waals surface area (Å²) in [5, 5.41) is 95.9. The summed E-state index contributed by atoms with van der Waals surface area (Å²) in [6.07, 6.45) is 6.40. The van der Waals surface area contributed by atoms with E-state index in [9.17, 15) is 74.7 Å². The average Bonchev–Trinajstić information content (AvgIpc) is 3.36. The molecule has 1 saturated heterocycles. The number of allylic oxidation sites excluding steroid dienone is 13. The topological polar surface area (TPSA) is 355 Å². The summed E-state index contributed by atoms with van der Waals surface area (Å²) in [5.41, 5.74) is 12.8. The molecule has 1 aliphatic carbocycles. The molecule has 1 heterocycles. The second-order valence-electron chi connectivity index (χ2n) is 21.3. The molecule has 0 aromatic heterocycles. The lowest BCUT2D eigenvalue weighted by molar-refractivity contribution is -0.265. The number of nitrogen functional groups attached to an aromatic ring is 1. The summed E-state index contributed by atoms with van der Waals surface area (Å²) < 4.78 is 11.7. The standard InChI is InChI=1S/C60H86N2O17/c1-36-18-15-13-11-9-7-5-6-8-10-12-14-16-21-49(79-60-56(62)58(75)57(74)39(4)78-60)34-54(73)55(59(76)77)53(72)33-48(69)31-46(67)30-45(66)29-44(65)27-42(63)19-17-20-43(64)28-47(68)32-50(36)37(2)26-38(3)51(70)35-52(71)40-22-24-41(61)25-23-40/h5-16,18,21-25,36-39,44-46,49-51,53-58,60,65-67,70,72-75H,17,19-20,26-35,61-62H2,1-4H3,(H,76,77)/t36?,37?,38?,39-,44?,45?,46?,49?,50?,51?,53?,54?,55?,56+,57+,58+,60+/m1/s1. The smallest absolute Gasteiger partial charge is 0.311 e. The van der Waals surface area contributed by atoms with Crippen molar-refractivity contribution >= 4 is 40.6 Å². The number of carbonyl (C=O) groups is 6. The molecule has 1 aromatic rings. The fourth-order valence-electron chi connectivity index (χ4n) is 9.80. The number of ether oxygens (including phenoxy) is 2. The van der Waals surface area contributed by atoms with Gasteiger partial charge in [0.15, 0.2) is 12.1 Å². The number of carboxylic acids is 1. The Morgan fingerprint density at radius 1 is 0.658 bits per heavy atom. The van der Waals surface area contributed by atoms with Gasteiger partial charge in [-0.05, 0) is 80.5 Å². The number of aliphatic hydroxyl groups excluding tert-OH is 8. The van der Waals surface area contributed by atoms with Crippen LogP contribution in [0.1, 0.15) is 122 Å². The van der Waals surface area contributed by atoms with Crippen LogP contribution in [0.4, 0.5) is 5.69 Å². The zero-order valence-corrected chi connectivity index (χ0v) is 45.8. The van der Waals surface area contributed by atoms with Crippen LogP contribution in [0.5, 0.6) is 0 Å². The average molecular weight is 1110 g/mol. The van der Waals surface area contributed by atoms with E-state index in [2.05, 4.69) is 0 Å². The molecule has 438 valence electrons. The van der Waals surface area contributed by atoms with Gasteiger partial charge in [-0.25, -0.2) is 0 Å². The molecule has 12 unspecified atom stereocenters. The predicted octanol–water partition coefficient (Wildman–Crippen LogP) is 4.28. The van der Waals surface area contributed by atoms with Gasteiger partial charge in [-0.2, -0.15) is 0 Å². The van der Waals surface area contributed by atoms with Gasteiger partial charge in [-0.1, -0.05) is 106 Å². The fourth-order valence-corrected chi connectivity index (χ4v) is 9.80. The molecule has 1 aromatic carbocycles. The van der Waals surface area contributed by atoms with E-state index in [0.29, 0.717) is 17.7 Å². The molecule has 0 amide bonds. The van der Waals surface area contributed by atoms with Crippen LogP contribution in [0.25, 0.3) is 0 Å². The Balaban J connectivity index is 1.83. The SMILES string of the molecule is CC1C=CC=CC=CC=CC=CC=CC=CC(O[C@@H]2O[C@H](C)[C@H](O)[C@@H](O)[C@@H]2N)CC(O)C(C(=O)O)C(O)CC(=O)CC(O)CC(O)CC(O)CC(=O)CCCC(=O)CC(=O)CC1C(C)CC(C)C(O)CC(=O)c1ccc(N)cc1. The van der Waals surface area contributed by atoms with E-state index in [1.165, 1.54) is 19.1 Å². The van der Waals surface area contributed by atoms with Crippen molar-refractivity contribution in [3.63, 3.8) is 0 Å². The first-order valence-electron chi connectivity index (χ1n) is 27.2. The zero-order valence-electron chi connectivity index (χ0n) is 45.8. The van der Waals surface area contributed by atoms with E-state index in [-0.39, 0.29) is 92.4 Å². The van der Waals surface area contributed by atoms with Crippen LogP contribution in [0.2, 0.25) is 0 Å². The first-order valence-corrected chi connectivity index (χ1v) is 27.2. The first kappa shape index (κ1) is 67.9. The molecular weight excluding hydrogens is 1020 g/mol. The van der Waals surface area contributed by atoms with Gasteiger partial charge in [0, 0.05) is 62.6 Å². The van der Waals surface area contributed by atoms with Crippen molar-refractivity contribution < 1.29 is 84.2 Å². The molecule has 0 radical (unpaired) electrons. The molecule has 0 bridgehead atoms. The number of carbonyl (C=O) groups excluding carboxylic acids is 5. The lowest BCUT2D eigenvalue weighted by atomic mass is 9.74. The lowest BCUT2D eigenvalue weighted by Gasteiger charge is -2.41. The summed E-state index contributed by atoms with van der Waals surface area (Å²) in [5.74, 6) is -6.42. The summed E-state index contributed by atoms with van der Waals surface area (Å²) in [7, 11) is 0. The Morgan fingerprint density at radius 3 is 1.76 bits per heavy atom. The predicted molar refractivity (Wildman–Crippen MR) is 297 cm³/mol. The van der Waals surface area contributed by atoms with Crippen molar-refractivity contribution in [2.24, 2.45) is 35.3 Å². The van der Waals surface area contributed by atoms with Crippen LogP contribution in [0.3, 0.4) is 0 Å². The monoisotopic (exact) mass is 1110 g/mol. The second kappa shape index (κ2) is 35.3. The van der Waals surface area contributed by atoms with Crippen LogP contribution in [-0.4, -0.2) is 154 Å². The number of ketones is 5. The normalized spacial score (nSPS) is 32.0. The van der Waals surface area contributed by atoms with Crippen molar-refractivity contribution in [2.45, 2.75) is 185 Å². The molecule has 0 spiro atoms. The van der Waals surface area contributed by atoms with Crippen molar-refractivity contribution in [1.29, 1.82) is 0 Å². The maximum absolute atomic E-state index is 13.5. The third kappa shape index (κ3) is 25.3. The van der Waals surface area contributed by atoms with Gasteiger partial charge in [-0.15, -0.1) is 0 Å². The van der Waals surface area contributed by atoms with Gasteiger partial charge in [-0.3, -0.25) is 28.8 Å². The summed E-state index contributed by atoms with van der Waals surface area (Å²) in [6, 6.07) is 5.24. The number of hydrogen-bond acceptors (Lipinski definition) is 18. The minimum atomic E-state index is -1.94.